The molecule has 8 heteroatoms. The highest BCUT2D eigenvalue weighted by molar-refractivity contribution is 7.88. The van der Waals surface area contributed by atoms with E-state index < -0.39 is 10.0 Å². The zero-order valence-corrected chi connectivity index (χ0v) is 11.7. The SMILES string of the molecule is Cc1ncoc1C(=O)NC[C@H]1CCCN1S(C)(=O)=O. The van der Waals surface area contributed by atoms with Gasteiger partial charge in [-0.05, 0) is 19.8 Å². The predicted molar refractivity (Wildman–Crippen MR) is 68.1 cm³/mol. The number of carbonyl (C=O) groups excluding carboxylic acids is 1. The minimum absolute atomic E-state index is 0.170. The fourth-order valence-corrected chi connectivity index (χ4v) is 3.44. The molecule has 1 aliphatic rings. The monoisotopic (exact) mass is 287 g/mol. The zero-order chi connectivity index (χ0) is 14.0. The maximum atomic E-state index is 11.8. The van der Waals surface area contributed by atoms with Crippen LogP contribution in [0.3, 0.4) is 0 Å². The van der Waals surface area contributed by atoms with Gasteiger partial charge in [0.15, 0.2) is 6.39 Å². The Labute approximate surface area is 112 Å². The van der Waals surface area contributed by atoms with Gasteiger partial charge in [-0.25, -0.2) is 13.4 Å². The van der Waals surface area contributed by atoms with Gasteiger partial charge in [0.2, 0.25) is 15.8 Å². The summed E-state index contributed by atoms with van der Waals surface area (Å²) < 4.78 is 29.5. The van der Waals surface area contributed by atoms with Crippen molar-refractivity contribution in [3.63, 3.8) is 0 Å². The highest BCUT2D eigenvalue weighted by Gasteiger charge is 2.31. The number of sulfonamides is 1. The van der Waals surface area contributed by atoms with E-state index in [-0.39, 0.29) is 24.3 Å². The Kier molecular flexibility index (Phi) is 3.91. The smallest absolute Gasteiger partial charge is 0.289 e. The van der Waals surface area contributed by atoms with E-state index >= 15 is 0 Å². The number of oxazole rings is 1. The maximum absolute atomic E-state index is 11.8. The largest absolute Gasteiger partial charge is 0.438 e. The highest BCUT2D eigenvalue weighted by Crippen LogP contribution is 2.19. The summed E-state index contributed by atoms with van der Waals surface area (Å²) in [6, 6.07) is -0.179. The fraction of sp³-hybridized carbons (Fsp3) is 0.636. The average molecular weight is 287 g/mol. The second kappa shape index (κ2) is 5.30. The van der Waals surface area contributed by atoms with Gasteiger partial charge in [-0.15, -0.1) is 0 Å². The van der Waals surface area contributed by atoms with Crippen molar-refractivity contribution in [2.75, 3.05) is 19.3 Å². The third-order valence-corrected chi connectivity index (χ3v) is 4.53. The van der Waals surface area contributed by atoms with Gasteiger partial charge in [0.05, 0.1) is 11.9 Å². The summed E-state index contributed by atoms with van der Waals surface area (Å²) in [5.74, 6) is -0.195. The van der Waals surface area contributed by atoms with Gasteiger partial charge in [0, 0.05) is 19.1 Å². The van der Waals surface area contributed by atoms with E-state index in [1.54, 1.807) is 6.92 Å². The second-order valence-corrected chi connectivity index (χ2v) is 6.58. The summed E-state index contributed by atoms with van der Waals surface area (Å²) in [6.07, 6.45) is 3.97. The molecule has 7 nitrogen and oxygen atoms in total. The van der Waals surface area contributed by atoms with Crippen LogP contribution in [0.1, 0.15) is 29.1 Å². The van der Waals surface area contributed by atoms with Crippen LogP contribution in [0.2, 0.25) is 0 Å². The molecule has 0 unspecified atom stereocenters. The molecule has 1 fully saturated rings. The van der Waals surface area contributed by atoms with E-state index in [0.29, 0.717) is 12.2 Å². The number of aromatic nitrogens is 1. The van der Waals surface area contributed by atoms with Crippen LogP contribution in [-0.2, 0) is 10.0 Å². The van der Waals surface area contributed by atoms with E-state index in [1.807, 2.05) is 0 Å². The van der Waals surface area contributed by atoms with E-state index in [2.05, 4.69) is 10.3 Å². The molecule has 0 radical (unpaired) electrons. The van der Waals surface area contributed by atoms with Crippen molar-refractivity contribution < 1.29 is 17.6 Å². The number of amides is 1. The molecule has 1 saturated heterocycles. The minimum atomic E-state index is -3.22. The normalized spacial score (nSPS) is 20.6. The second-order valence-electron chi connectivity index (χ2n) is 4.65. The first-order valence-electron chi connectivity index (χ1n) is 6.04. The fourth-order valence-electron chi connectivity index (χ4n) is 2.26. The minimum Gasteiger partial charge on any atom is -0.438 e. The number of hydrogen-bond donors (Lipinski definition) is 1. The first kappa shape index (κ1) is 14.0. The molecule has 2 rings (SSSR count). The van der Waals surface area contributed by atoms with Crippen molar-refractivity contribution >= 4 is 15.9 Å². The summed E-state index contributed by atoms with van der Waals surface area (Å²) in [5, 5.41) is 2.69. The summed E-state index contributed by atoms with van der Waals surface area (Å²) >= 11 is 0. The van der Waals surface area contributed by atoms with Crippen LogP contribution < -0.4 is 5.32 Å². The van der Waals surface area contributed by atoms with Crippen LogP contribution in [0, 0.1) is 6.92 Å². The topological polar surface area (TPSA) is 92.5 Å². The lowest BCUT2D eigenvalue weighted by atomic mass is 10.2. The Bertz CT molecular complexity index is 566. The third kappa shape index (κ3) is 3.13. The first-order chi connectivity index (χ1) is 8.89. The number of carbonyl (C=O) groups is 1. The Balaban J connectivity index is 1.96. The molecule has 0 spiro atoms. The summed E-state index contributed by atoms with van der Waals surface area (Å²) in [5.41, 5.74) is 0.517. The molecule has 1 atom stereocenters. The van der Waals surface area contributed by atoms with Crippen molar-refractivity contribution in [3.8, 4) is 0 Å². The van der Waals surface area contributed by atoms with Crippen LogP contribution >= 0.6 is 0 Å². The molecule has 0 aliphatic carbocycles. The molecule has 106 valence electrons. The lowest BCUT2D eigenvalue weighted by Gasteiger charge is -2.22. The molecule has 0 aromatic carbocycles. The lowest BCUT2D eigenvalue weighted by Crippen LogP contribution is -2.42. The van der Waals surface area contributed by atoms with E-state index in [0.717, 1.165) is 12.8 Å². The zero-order valence-electron chi connectivity index (χ0n) is 10.9. The summed E-state index contributed by atoms with van der Waals surface area (Å²) in [7, 11) is -3.22. The van der Waals surface area contributed by atoms with Crippen LogP contribution in [0.5, 0.6) is 0 Å². The Hall–Kier alpha value is -1.41. The number of aryl methyl sites for hydroxylation is 1. The van der Waals surface area contributed by atoms with E-state index in [1.165, 1.54) is 17.0 Å². The van der Waals surface area contributed by atoms with Crippen LogP contribution in [-0.4, -0.2) is 49.0 Å². The molecular formula is C11H17N3O4S. The lowest BCUT2D eigenvalue weighted by molar-refractivity contribution is 0.0918. The van der Waals surface area contributed by atoms with Gasteiger partial charge in [-0.2, -0.15) is 4.31 Å². The van der Waals surface area contributed by atoms with Gasteiger partial charge < -0.3 is 9.73 Å². The number of hydrogen-bond acceptors (Lipinski definition) is 5. The average Bonchev–Trinajstić information content (AvgIpc) is 2.93. The molecule has 1 aliphatic heterocycles. The van der Waals surface area contributed by atoms with Gasteiger partial charge in [-0.3, -0.25) is 4.79 Å². The van der Waals surface area contributed by atoms with Crippen molar-refractivity contribution in [1.29, 1.82) is 0 Å². The Morgan fingerprint density at radius 2 is 2.37 bits per heavy atom. The third-order valence-electron chi connectivity index (χ3n) is 3.20. The van der Waals surface area contributed by atoms with Gasteiger partial charge in [0.25, 0.3) is 5.91 Å². The van der Waals surface area contributed by atoms with Crippen LogP contribution in [0.15, 0.2) is 10.8 Å². The molecule has 19 heavy (non-hydrogen) atoms. The number of rotatable bonds is 4. The van der Waals surface area contributed by atoms with Gasteiger partial charge in [0.1, 0.15) is 0 Å². The standard InChI is InChI=1S/C11H17N3O4S/c1-8-10(18-7-13-8)11(15)12-6-9-4-3-5-14(9)19(2,16)17/h7,9H,3-6H2,1-2H3,(H,12,15)/t9-/m1/s1. The van der Waals surface area contributed by atoms with Crippen molar-refractivity contribution in [2.24, 2.45) is 0 Å². The van der Waals surface area contributed by atoms with Crippen LogP contribution in [0.25, 0.3) is 0 Å². The van der Waals surface area contributed by atoms with Crippen molar-refractivity contribution in [2.45, 2.75) is 25.8 Å². The molecule has 2 heterocycles. The molecular weight excluding hydrogens is 270 g/mol. The predicted octanol–water partition coefficient (Wildman–Crippen LogP) is 0.137. The summed E-state index contributed by atoms with van der Waals surface area (Å²) in [6.45, 7) is 2.48. The quantitative estimate of drug-likeness (QED) is 0.850. The summed E-state index contributed by atoms with van der Waals surface area (Å²) in [4.78, 5) is 15.7. The number of nitrogens with one attached hydrogen (secondary N) is 1. The Morgan fingerprint density at radius 3 is 2.95 bits per heavy atom. The molecule has 1 amide bonds. The molecule has 1 N–H and O–H groups in total. The van der Waals surface area contributed by atoms with Gasteiger partial charge >= 0.3 is 0 Å². The van der Waals surface area contributed by atoms with Gasteiger partial charge in [-0.1, -0.05) is 0 Å². The first-order valence-corrected chi connectivity index (χ1v) is 7.89. The van der Waals surface area contributed by atoms with Crippen LogP contribution in [0.4, 0.5) is 0 Å². The Morgan fingerprint density at radius 1 is 1.63 bits per heavy atom. The highest BCUT2D eigenvalue weighted by atomic mass is 32.2. The van der Waals surface area contributed by atoms with E-state index in [4.69, 9.17) is 4.42 Å². The van der Waals surface area contributed by atoms with Crippen molar-refractivity contribution in [1.82, 2.24) is 14.6 Å². The number of nitrogens with zero attached hydrogens (tertiary/aromatic N) is 2. The maximum Gasteiger partial charge on any atom is 0.289 e. The molecule has 0 bridgehead atoms. The molecule has 1 aromatic heterocycles. The molecule has 0 saturated carbocycles. The van der Waals surface area contributed by atoms with Crippen molar-refractivity contribution in [3.05, 3.63) is 17.8 Å². The molecule has 1 aromatic rings. The van der Waals surface area contributed by atoms with E-state index in [9.17, 15) is 13.2 Å².